The van der Waals surface area contributed by atoms with E-state index in [2.05, 4.69) is 17.2 Å². The molecule has 2 rings (SSSR count). The molecule has 1 aliphatic carbocycles. The molecule has 1 heterocycles. The van der Waals surface area contributed by atoms with Crippen LogP contribution in [-0.2, 0) is 0 Å². The summed E-state index contributed by atoms with van der Waals surface area (Å²) in [4.78, 5) is 15.8. The Morgan fingerprint density at radius 3 is 2.75 bits per heavy atom. The van der Waals surface area contributed by atoms with Crippen LogP contribution in [0.15, 0.2) is 18.3 Å². The van der Waals surface area contributed by atoms with Crippen molar-refractivity contribution in [2.45, 2.75) is 38.1 Å². The van der Waals surface area contributed by atoms with E-state index in [0.29, 0.717) is 10.7 Å². The number of rotatable bonds is 3. The second-order valence-electron chi connectivity index (χ2n) is 4.31. The molecule has 1 amide bonds. The number of carbonyl (C=O) groups is 1. The molecule has 1 fully saturated rings. The van der Waals surface area contributed by atoms with Gasteiger partial charge in [-0.1, -0.05) is 18.5 Å². The van der Waals surface area contributed by atoms with Crippen molar-refractivity contribution in [1.29, 1.82) is 0 Å². The summed E-state index contributed by atoms with van der Waals surface area (Å²) in [5, 5.41) is 3.50. The van der Waals surface area contributed by atoms with E-state index < -0.39 is 0 Å². The minimum Gasteiger partial charge on any atom is -0.347 e. The third kappa shape index (κ3) is 2.19. The molecule has 1 aliphatic rings. The molecule has 1 saturated carbocycles. The van der Waals surface area contributed by atoms with Gasteiger partial charge in [0, 0.05) is 11.7 Å². The van der Waals surface area contributed by atoms with Gasteiger partial charge in [0.2, 0.25) is 0 Å². The lowest BCUT2D eigenvalue weighted by atomic mass is 9.74. The van der Waals surface area contributed by atoms with Gasteiger partial charge in [0.15, 0.2) is 0 Å². The molecule has 4 heteroatoms. The lowest BCUT2D eigenvalue weighted by molar-refractivity contribution is 0.0820. The summed E-state index contributed by atoms with van der Waals surface area (Å²) < 4.78 is 0. The molecule has 0 radical (unpaired) electrons. The third-order valence-corrected chi connectivity index (χ3v) is 3.58. The van der Waals surface area contributed by atoms with Gasteiger partial charge in [-0.15, -0.1) is 0 Å². The van der Waals surface area contributed by atoms with Gasteiger partial charge >= 0.3 is 0 Å². The second-order valence-corrected chi connectivity index (χ2v) is 4.70. The normalized spacial score (nSPS) is 17.6. The summed E-state index contributed by atoms with van der Waals surface area (Å²) in [6, 6.07) is 3.34. The summed E-state index contributed by atoms with van der Waals surface area (Å²) in [7, 11) is 0. The number of hydrogen-bond donors (Lipinski definition) is 1. The molecule has 0 bridgehead atoms. The molecule has 1 N–H and O–H groups in total. The molecular formula is C12H15ClN2O. The average Bonchev–Trinajstić information content (AvgIpc) is 2.24. The highest BCUT2D eigenvalue weighted by Gasteiger charge is 2.36. The van der Waals surface area contributed by atoms with Gasteiger partial charge in [0.1, 0.15) is 5.15 Å². The molecule has 0 aliphatic heterocycles. The first-order valence-corrected chi connectivity index (χ1v) is 5.97. The minimum atomic E-state index is -0.0503. The van der Waals surface area contributed by atoms with E-state index in [-0.39, 0.29) is 11.4 Å². The molecule has 0 spiro atoms. The second kappa shape index (κ2) is 4.42. The Labute approximate surface area is 100 Å². The molecule has 0 atom stereocenters. The number of nitrogens with zero attached hydrogens (tertiary/aromatic N) is 1. The largest absolute Gasteiger partial charge is 0.347 e. The topological polar surface area (TPSA) is 42.0 Å². The maximum atomic E-state index is 11.9. The fourth-order valence-electron chi connectivity index (χ4n) is 1.99. The van der Waals surface area contributed by atoms with Gasteiger partial charge in [0.05, 0.1) is 5.56 Å². The first-order chi connectivity index (χ1) is 7.65. The van der Waals surface area contributed by atoms with Gasteiger partial charge in [-0.05, 0) is 37.8 Å². The van der Waals surface area contributed by atoms with Crippen LogP contribution in [0, 0.1) is 0 Å². The molecule has 0 saturated heterocycles. The number of hydrogen-bond acceptors (Lipinski definition) is 2. The number of nitrogens with one attached hydrogen (secondary N) is 1. The van der Waals surface area contributed by atoms with E-state index in [0.717, 1.165) is 19.3 Å². The quantitative estimate of drug-likeness (QED) is 0.823. The van der Waals surface area contributed by atoms with E-state index in [1.807, 2.05) is 0 Å². The van der Waals surface area contributed by atoms with Crippen molar-refractivity contribution in [2.75, 3.05) is 0 Å². The molecule has 86 valence electrons. The Morgan fingerprint density at radius 1 is 1.56 bits per heavy atom. The van der Waals surface area contributed by atoms with Crippen molar-refractivity contribution in [2.24, 2.45) is 0 Å². The standard InChI is InChI=1S/C12H15ClN2O/c1-2-12(6-3-7-12)15-11(16)9-4-5-10(13)14-8-9/h4-5,8H,2-3,6-7H2,1H3,(H,15,16). The number of amides is 1. The van der Waals surface area contributed by atoms with Crippen molar-refractivity contribution in [3.05, 3.63) is 29.0 Å². The fourth-order valence-corrected chi connectivity index (χ4v) is 2.11. The Balaban J connectivity index is 2.05. The number of aromatic nitrogens is 1. The van der Waals surface area contributed by atoms with Crippen molar-refractivity contribution in [3.8, 4) is 0 Å². The zero-order valence-corrected chi connectivity index (χ0v) is 10.0. The van der Waals surface area contributed by atoms with E-state index in [4.69, 9.17) is 11.6 Å². The summed E-state index contributed by atoms with van der Waals surface area (Å²) in [6.45, 7) is 2.11. The van der Waals surface area contributed by atoms with Crippen LogP contribution in [-0.4, -0.2) is 16.4 Å². The maximum Gasteiger partial charge on any atom is 0.253 e. The highest BCUT2D eigenvalue weighted by Crippen LogP contribution is 2.34. The Morgan fingerprint density at radius 2 is 2.31 bits per heavy atom. The lowest BCUT2D eigenvalue weighted by Crippen LogP contribution is -2.52. The lowest BCUT2D eigenvalue weighted by Gasteiger charge is -2.42. The highest BCUT2D eigenvalue weighted by atomic mass is 35.5. The molecule has 0 aromatic carbocycles. The molecule has 1 aromatic heterocycles. The third-order valence-electron chi connectivity index (χ3n) is 3.36. The van der Waals surface area contributed by atoms with Crippen LogP contribution in [0.25, 0.3) is 0 Å². The molecule has 16 heavy (non-hydrogen) atoms. The summed E-state index contributed by atoms with van der Waals surface area (Å²) in [6.07, 6.45) is 5.86. The van der Waals surface area contributed by atoms with Crippen LogP contribution in [0.4, 0.5) is 0 Å². The number of carbonyl (C=O) groups excluding carboxylic acids is 1. The monoisotopic (exact) mass is 238 g/mol. The first-order valence-electron chi connectivity index (χ1n) is 5.59. The van der Waals surface area contributed by atoms with Gasteiger partial charge in [-0.3, -0.25) is 4.79 Å². The van der Waals surface area contributed by atoms with E-state index >= 15 is 0 Å². The average molecular weight is 239 g/mol. The van der Waals surface area contributed by atoms with Gasteiger partial charge in [-0.25, -0.2) is 4.98 Å². The zero-order valence-electron chi connectivity index (χ0n) is 9.29. The number of halogens is 1. The number of pyridine rings is 1. The van der Waals surface area contributed by atoms with Crippen molar-refractivity contribution in [1.82, 2.24) is 10.3 Å². The van der Waals surface area contributed by atoms with Crippen LogP contribution in [0.1, 0.15) is 43.0 Å². The predicted molar refractivity (Wildman–Crippen MR) is 63.6 cm³/mol. The van der Waals surface area contributed by atoms with E-state index in [1.54, 1.807) is 12.1 Å². The highest BCUT2D eigenvalue weighted by molar-refractivity contribution is 6.29. The summed E-state index contributed by atoms with van der Waals surface area (Å²) >= 11 is 5.67. The van der Waals surface area contributed by atoms with Crippen LogP contribution in [0.3, 0.4) is 0 Å². The summed E-state index contributed by atoms with van der Waals surface area (Å²) in [5.74, 6) is -0.0503. The molecule has 1 aromatic rings. The van der Waals surface area contributed by atoms with Crippen LogP contribution in [0.5, 0.6) is 0 Å². The SMILES string of the molecule is CCC1(NC(=O)c2ccc(Cl)nc2)CCC1. The molecule has 3 nitrogen and oxygen atoms in total. The van der Waals surface area contributed by atoms with Crippen LogP contribution < -0.4 is 5.32 Å². The fraction of sp³-hybridized carbons (Fsp3) is 0.500. The maximum absolute atomic E-state index is 11.9. The van der Waals surface area contributed by atoms with Crippen molar-refractivity contribution >= 4 is 17.5 Å². The Bertz CT molecular complexity index is 379. The van der Waals surface area contributed by atoms with Crippen molar-refractivity contribution in [3.63, 3.8) is 0 Å². The van der Waals surface area contributed by atoms with Crippen LogP contribution in [0.2, 0.25) is 5.15 Å². The Hall–Kier alpha value is -1.09. The predicted octanol–water partition coefficient (Wildman–Crippen LogP) is 2.80. The van der Waals surface area contributed by atoms with E-state index in [1.165, 1.54) is 12.6 Å². The minimum absolute atomic E-state index is 0.0245. The first kappa shape index (κ1) is 11.4. The van der Waals surface area contributed by atoms with E-state index in [9.17, 15) is 4.79 Å². The van der Waals surface area contributed by atoms with Gasteiger partial charge in [-0.2, -0.15) is 0 Å². The summed E-state index contributed by atoms with van der Waals surface area (Å²) in [5.41, 5.74) is 0.598. The molecule has 0 unspecified atom stereocenters. The van der Waals surface area contributed by atoms with Gasteiger partial charge < -0.3 is 5.32 Å². The van der Waals surface area contributed by atoms with Crippen molar-refractivity contribution < 1.29 is 4.79 Å². The van der Waals surface area contributed by atoms with Crippen LogP contribution >= 0.6 is 11.6 Å². The zero-order chi connectivity index (χ0) is 11.6. The Kier molecular flexibility index (Phi) is 3.15. The van der Waals surface area contributed by atoms with Gasteiger partial charge in [0.25, 0.3) is 5.91 Å². The smallest absolute Gasteiger partial charge is 0.253 e. The molecular weight excluding hydrogens is 224 g/mol.